The maximum Gasteiger partial charge on any atom is 0.279 e. The fourth-order valence-electron chi connectivity index (χ4n) is 2.63. The van der Waals surface area contributed by atoms with Crippen LogP contribution in [0.1, 0.15) is 15.9 Å². The molecule has 132 valence electrons. The predicted octanol–water partition coefficient (Wildman–Crippen LogP) is -0.166. The van der Waals surface area contributed by atoms with Gasteiger partial charge >= 0.3 is 0 Å². The van der Waals surface area contributed by atoms with Crippen LogP contribution >= 0.6 is 0 Å². The molecule has 26 heavy (non-hydrogen) atoms. The second kappa shape index (κ2) is 6.76. The van der Waals surface area contributed by atoms with Crippen LogP contribution in [-0.4, -0.2) is 29.8 Å². The molecule has 0 aliphatic rings. The molecule has 3 aromatic rings. The summed E-state index contributed by atoms with van der Waals surface area (Å²) in [6, 6.07) is 13.7. The Hall–Kier alpha value is -3.54. The summed E-state index contributed by atoms with van der Waals surface area (Å²) in [4.78, 5) is 25.8. The van der Waals surface area contributed by atoms with Gasteiger partial charge in [0.05, 0.1) is 22.2 Å². The maximum absolute atomic E-state index is 12.7. The standard InChI is InChI=1S/C20H19N3O3/c1-13-18(11-14-7-9-16(10-8-14)22(2)3)19(24)23(21-13)17-6-4-5-15(12-17)20(25)26/h4-12,21H,1H2,2-3H3,(H,25,26)/p-1/b18-11+. The smallest absolute Gasteiger partial charge is 0.279 e. The molecular formula is C20H18N3O3-. The third-order valence-corrected chi connectivity index (χ3v) is 4.07. The topological polar surface area (TPSA) is 81.2 Å². The Bertz CT molecular complexity index is 1120. The zero-order valence-corrected chi connectivity index (χ0v) is 14.5. The van der Waals surface area contributed by atoms with Crippen molar-refractivity contribution in [2.24, 2.45) is 0 Å². The van der Waals surface area contributed by atoms with Crippen molar-refractivity contribution in [1.82, 2.24) is 9.78 Å². The molecule has 0 fully saturated rings. The molecule has 0 aliphatic carbocycles. The van der Waals surface area contributed by atoms with Gasteiger partial charge < -0.3 is 14.8 Å². The van der Waals surface area contributed by atoms with Gasteiger partial charge in [-0.25, -0.2) is 4.68 Å². The molecule has 1 N–H and O–H groups in total. The molecule has 0 atom stereocenters. The van der Waals surface area contributed by atoms with Crippen LogP contribution in [0.2, 0.25) is 0 Å². The van der Waals surface area contributed by atoms with Crippen LogP contribution < -0.4 is 26.1 Å². The molecule has 6 nitrogen and oxygen atoms in total. The lowest BCUT2D eigenvalue weighted by Crippen LogP contribution is -2.34. The van der Waals surface area contributed by atoms with Crippen LogP contribution in [0.5, 0.6) is 0 Å². The second-order valence-corrected chi connectivity index (χ2v) is 6.11. The number of hydrogen-bond donors (Lipinski definition) is 1. The molecule has 0 spiro atoms. The van der Waals surface area contributed by atoms with Crippen LogP contribution in [0.4, 0.5) is 5.69 Å². The fraction of sp³-hybridized carbons (Fsp3) is 0.100. The molecule has 3 rings (SSSR count). The van der Waals surface area contributed by atoms with E-state index in [0.29, 0.717) is 16.3 Å². The fourth-order valence-corrected chi connectivity index (χ4v) is 2.63. The van der Waals surface area contributed by atoms with E-state index in [1.165, 1.54) is 16.8 Å². The average molecular weight is 348 g/mol. The average Bonchev–Trinajstić information content (AvgIpc) is 2.90. The number of hydrogen-bond acceptors (Lipinski definition) is 4. The Morgan fingerprint density at radius 2 is 1.88 bits per heavy atom. The van der Waals surface area contributed by atoms with Gasteiger partial charge in [-0.05, 0) is 41.5 Å². The van der Waals surface area contributed by atoms with Gasteiger partial charge in [-0.3, -0.25) is 9.89 Å². The van der Waals surface area contributed by atoms with E-state index in [2.05, 4.69) is 11.7 Å². The van der Waals surface area contributed by atoms with Crippen molar-refractivity contribution in [1.29, 1.82) is 0 Å². The third kappa shape index (κ3) is 3.30. The first kappa shape index (κ1) is 17.3. The number of aromatic carboxylic acids is 1. The Morgan fingerprint density at radius 1 is 1.19 bits per heavy atom. The summed E-state index contributed by atoms with van der Waals surface area (Å²) >= 11 is 0. The lowest BCUT2D eigenvalue weighted by Gasteiger charge is -2.11. The number of aromatic nitrogens is 2. The van der Waals surface area contributed by atoms with Gasteiger partial charge in [-0.15, -0.1) is 0 Å². The lowest BCUT2D eigenvalue weighted by atomic mass is 10.1. The largest absolute Gasteiger partial charge is 0.545 e. The van der Waals surface area contributed by atoms with Crippen LogP contribution in [0, 0.1) is 0 Å². The molecule has 0 radical (unpaired) electrons. The van der Waals surface area contributed by atoms with E-state index in [-0.39, 0.29) is 11.1 Å². The first-order valence-electron chi connectivity index (χ1n) is 7.97. The molecule has 6 heteroatoms. The molecule has 0 bridgehead atoms. The number of carbonyl (C=O) groups is 1. The Labute approximate surface area is 149 Å². The van der Waals surface area contributed by atoms with E-state index in [9.17, 15) is 14.7 Å². The van der Waals surface area contributed by atoms with Crippen LogP contribution in [-0.2, 0) is 0 Å². The normalized spacial score (nSPS) is 11.5. The van der Waals surface area contributed by atoms with Crippen LogP contribution in [0.15, 0.2) is 53.3 Å². The highest BCUT2D eigenvalue weighted by molar-refractivity contribution is 5.86. The van der Waals surface area contributed by atoms with Crippen molar-refractivity contribution >= 4 is 24.3 Å². The van der Waals surface area contributed by atoms with Crippen molar-refractivity contribution in [2.45, 2.75) is 0 Å². The van der Waals surface area contributed by atoms with Gasteiger partial charge in [0.1, 0.15) is 0 Å². The van der Waals surface area contributed by atoms with Gasteiger partial charge in [0.2, 0.25) is 0 Å². The maximum atomic E-state index is 12.7. The molecule has 0 saturated heterocycles. The van der Waals surface area contributed by atoms with E-state index in [1.54, 1.807) is 18.2 Å². The van der Waals surface area contributed by atoms with Crippen molar-refractivity contribution in [3.63, 3.8) is 0 Å². The van der Waals surface area contributed by atoms with E-state index in [4.69, 9.17) is 0 Å². The number of aromatic amines is 1. The zero-order chi connectivity index (χ0) is 18.8. The van der Waals surface area contributed by atoms with Crippen molar-refractivity contribution in [3.8, 4) is 5.69 Å². The molecule has 0 saturated carbocycles. The summed E-state index contributed by atoms with van der Waals surface area (Å²) in [6.07, 6.45) is 1.75. The number of carboxylic acid groups (broad SMARTS) is 1. The van der Waals surface area contributed by atoms with Gasteiger partial charge in [0, 0.05) is 19.8 Å². The van der Waals surface area contributed by atoms with Crippen molar-refractivity contribution in [3.05, 3.63) is 80.6 Å². The van der Waals surface area contributed by atoms with Gasteiger partial charge in [0.25, 0.3) is 5.56 Å². The van der Waals surface area contributed by atoms with Crippen molar-refractivity contribution < 1.29 is 9.90 Å². The van der Waals surface area contributed by atoms with Crippen molar-refractivity contribution in [2.75, 3.05) is 19.0 Å². The number of carboxylic acids is 1. The summed E-state index contributed by atoms with van der Waals surface area (Å²) in [5, 5.41) is 14.8. The number of carbonyl (C=O) groups excluding carboxylic acids is 1. The molecule has 1 heterocycles. The molecule has 0 aliphatic heterocycles. The van der Waals surface area contributed by atoms with E-state index in [0.717, 1.165) is 11.3 Å². The van der Waals surface area contributed by atoms with E-state index < -0.39 is 5.97 Å². The van der Waals surface area contributed by atoms with Gasteiger partial charge in [-0.2, -0.15) is 0 Å². The van der Waals surface area contributed by atoms with Crippen LogP contribution in [0.25, 0.3) is 18.3 Å². The summed E-state index contributed by atoms with van der Waals surface area (Å²) in [5.74, 6) is -1.30. The van der Waals surface area contributed by atoms with Gasteiger partial charge in [0.15, 0.2) is 0 Å². The number of nitrogens with zero attached hydrogens (tertiary/aromatic N) is 2. The van der Waals surface area contributed by atoms with Crippen LogP contribution in [0.3, 0.4) is 0 Å². The number of anilines is 1. The lowest BCUT2D eigenvalue weighted by molar-refractivity contribution is -0.255. The second-order valence-electron chi connectivity index (χ2n) is 6.11. The highest BCUT2D eigenvalue weighted by Crippen LogP contribution is 2.12. The minimum Gasteiger partial charge on any atom is -0.545 e. The highest BCUT2D eigenvalue weighted by Gasteiger charge is 2.06. The number of H-pyrrole nitrogens is 1. The predicted molar refractivity (Wildman–Crippen MR) is 99.8 cm³/mol. The first-order chi connectivity index (χ1) is 12.4. The Kier molecular flexibility index (Phi) is 4.49. The third-order valence-electron chi connectivity index (χ3n) is 4.07. The summed E-state index contributed by atoms with van der Waals surface area (Å²) in [6.45, 7) is 3.88. The Balaban J connectivity index is 2.09. The number of benzene rings is 2. The van der Waals surface area contributed by atoms with E-state index >= 15 is 0 Å². The number of nitrogens with one attached hydrogen (secondary N) is 1. The summed E-state index contributed by atoms with van der Waals surface area (Å²) in [7, 11) is 3.91. The molecule has 2 aromatic carbocycles. The zero-order valence-electron chi connectivity index (χ0n) is 14.5. The minimum absolute atomic E-state index is 0.000541. The summed E-state index contributed by atoms with van der Waals surface area (Å²) in [5.41, 5.74) is 2.03. The van der Waals surface area contributed by atoms with Gasteiger partial charge in [-0.1, -0.05) is 30.8 Å². The first-order valence-corrected chi connectivity index (χ1v) is 7.97. The summed E-state index contributed by atoms with van der Waals surface area (Å²) < 4.78 is 1.27. The monoisotopic (exact) mass is 348 g/mol. The molecular weight excluding hydrogens is 330 g/mol. The molecule has 0 amide bonds. The quantitative estimate of drug-likeness (QED) is 0.710. The Morgan fingerprint density at radius 3 is 2.50 bits per heavy atom. The minimum atomic E-state index is -1.30. The highest BCUT2D eigenvalue weighted by atomic mass is 16.4. The molecule has 1 aromatic heterocycles. The SMILES string of the molecule is C=c1[nH]n(-c2cccc(C(=O)[O-])c2)c(=O)/c1=C/c1ccc(N(C)C)cc1. The molecule has 0 unspecified atom stereocenters. The van der Waals surface area contributed by atoms with E-state index in [1.807, 2.05) is 43.3 Å². The number of rotatable bonds is 4.